The number of rotatable bonds is 11. The lowest BCUT2D eigenvalue weighted by atomic mass is 9.94. The zero-order chi connectivity index (χ0) is 26.8. The molecule has 0 unspecified atom stereocenters. The van der Waals surface area contributed by atoms with Crippen molar-refractivity contribution in [3.63, 3.8) is 0 Å². The van der Waals surface area contributed by atoms with Gasteiger partial charge < -0.3 is 18.9 Å². The lowest BCUT2D eigenvalue weighted by molar-refractivity contribution is -0.213. The van der Waals surface area contributed by atoms with E-state index >= 15 is 0 Å². The highest BCUT2D eigenvalue weighted by Crippen LogP contribution is 2.32. The Morgan fingerprint density at radius 1 is 0.632 bits per heavy atom. The summed E-state index contributed by atoms with van der Waals surface area (Å²) in [5.41, 5.74) is 6.83. The zero-order valence-corrected chi connectivity index (χ0v) is 21.7. The monoisotopic (exact) mass is 512 g/mol. The van der Waals surface area contributed by atoms with E-state index in [1.54, 1.807) is 0 Å². The van der Waals surface area contributed by atoms with Gasteiger partial charge in [0, 0.05) is 20.3 Å². The van der Waals surface area contributed by atoms with Gasteiger partial charge in [-0.05, 0) is 39.5 Å². The maximum atomic E-state index is 11.1. The van der Waals surface area contributed by atoms with E-state index in [0.29, 0.717) is 6.42 Å². The molecule has 196 valence electrons. The standard InChI is InChI=1S/C32H32O6/c1-24(33)35-20-22-37-32(38-23-21-36-25(2)34)18-16-31(17-19-32)30-14-12-29(13-15-30)28-10-8-27(9-11-28)26-6-4-3-5-7-26/h3-18H,19-23H2,1-2H3. The van der Waals surface area contributed by atoms with Crippen LogP contribution in [0.25, 0.3) is 27.8 Å². The van der Waals surface area contributed by atoms with Crippen LogP contribution in [0.1, 0.15) is 25.8 Å². The van der Waals surface area contributed by atoms with Crippen LogP contribution in [0.2, 0.25) is 0 Å². The molecule has 3 aromatic rings. The molecular formula is C32H32O6. The summed E-state index contributed by atoms with van der Waals surface area (Å²) in [6, 6.07) is 27.4. The minimum Gasteiger partial charge on any atom is -0.463 e. The normalized spacial score (nSPS) is 14.0. The average molecular weight is 513 g/mol. The van der Waals surface area contributed by atoms with Crippen LogP contribution in [0.3, 0.4) is 0 Å². The van der Waals surface area contributed by atoms with Crippen LogP contribution < -0.4 is 0 Å². The molecule has 1 aliphatic rings. The molecule has 3 aromatic carbocycles. The van der Waals surface area contributed by atoms with Crippen LogP contribution in [-0.4, -0.2) is 44.2 Å². The number of carbonyl (C=O) groups excluding carboxylic acids is 2. The van der Waals surface area contributed by atoms with Gasteiger partial charge >= 0.3 is 11.9 Å². The first-order valence-electron chi connectivity index (χ1n) is 12.6. The molecule has 0 N–H and O–H groups in total. The highest BCUT2D eigenvalue weighted by molar-refractivity contribution is 5.78. The molecule has 4 rings (SSSR count). The van der Waals surface area contributed by atoms with Gasteiger partial charge in [-0.25, -0.2) is 0 Å². The van der Waals surface area contributed by atoms with E-state index in [0.717, 1.165) is 22.3 Å². The fourth-order valence-electron chi connectivity index (χ4n) is 4.22. The molecule has 0 saturated heterocycles. The average Bonchev–Trinajstić information content (AvgIpc) is 2.95. The molecule has 0 amide bonds. The van der Waals surface area contributed by atoms with Crippen molar-refractivity contribution in [3.05, 3.63) is 103 Å². The molecule has 6 heteroatoms. The molecule has 0 saturated carbocycles. The number of allylic oxidation sites excluding steroid dienone is 2. The molecule has 1 aliphatic carbocycles. The van der Waals surface area contributed by atoms with Crippen molar-refractivity contribution >= 4 is 17.5 Å². The summed E-state index contributed by atoms with van der Waals surface area (Å²) >= 11 is 0. The molecule has 6 nitrogen and oxygen atoms in total. The van der Waals surface area contributed by atoms with E-state index in [-0.39, 0.29) is 38.4 Å². The topological polar surface area (TPSA) is 71.1 Å². The Morgan fingerprint density at radius 2 is 1.08 bits per heavy atom. The summed E-state index contributed by atoms with van der Waals surface area (Å²) in [4.78, 5) is 22.1. The molecule has 0 atom stereocenters. The van der Waals surface area contributed by atoms with Gasteiger partial charge in [-0.1, -0.05) is 91.0 Å². The second kappa shape index (κ2) is 13.0. The van der Waals surface area contributed by atoms with Gasteiger partial charge in [-0.2, -0.15) is 0 Å². The number of hydrogen-bond acceptors (Lipinski definition) is 6. The van der Waals surface area contributed by atoms with Gasteiger partial charge in [-0.3, -0.25) is 9.59 Å². The van der Waals surface area contributed by atoms with E-state index < -0.39 is 5.79 Å². The summed E-state index contributed by atoms with van der Waals surface area (Å²) in [6.45, 7) is 3.32. The van der Waals surface area contributed by atoms with Gasteiger partial charge in [0.25, 0.3) is 0 Å². The second-order valence-electron chi connectivity index (χ2n) is 8.91. The Kier molecular flexibility index (Phi) is 9.25. The third kappa shape index (κ3) is 7.51. The first-order chi connectivity index (χ1) is 18.4. The third-order valence-corrected chi connectivity index (χ3v) is 6.14. The summed E-state index contributed by atoms with van der Waals surface area (Å²) in [6.07, 6.45) is 6.34. The predicted octanol–water partition coefficient (Wildman–Crippen LogP) is 6.22. The molecule has 0 bridgehead atoms. The van der Waals surface area contributed by atoms with Crippen molar-refractivity contribution in [2.24, 2.45) is 0 Å². The molecule has 0 aliphatic heterocycles. The summed E-state index contributed by atoms with van der Waals surface area (Å²) in [5.74, 6) is -1.75. The zero-order valence-electron chi connectivity index (χ0n) is 21.7. The van der Waals surface area contributed by atoms with Gasteiger partial charge in [0.15, 0.2) is 5.79 Å². The van der Waals surface area contributed by atoms with Gasteiger partial charge in [0.2, 0.25) is 0 Å². The Morgan fingerprint density at radius 3 is 1.50 bits per heavy atom. The van der Waals surface area contributed by atoms with Crippen molar-refractivity contribution < 1.29 is 28.5 Å². The molecule has 0 heterocycles. The molecule has 38 heavy (non-hydrogen) atoms. The van der Waals surface area contributed by atoms with Crippen LogP contribution in [-0.2, 0) is 28.5 Å². The second-order valence-corrected chi connectivity index (χ2v) is 8.91. The van der Waals surface area contributed by atoms with Crippen LogP contribution in [0, 0.1) is 0 Å². The van der Waals surface area contributed by atoms with Crippen LogP contribution in [0.5, 0.6) is 0 Å². The smallest absolute Gasteiger partial charge is 0.302 e. The summed E-state index contributed by atoms with van der Waals surface area (Å²) < 4.78 is 21.9. The highest BCUT2D eigenvalue weighted by Gasteiger charge is 2.30. The Bertz CT molecular complexity index is 1250. The van der Waals surface area contributed by atoms with E-state index in [1.807, 2.05) is 30.4 Å². The Hall–Kier alpha value is -4.00. The fraction of sp³-hybridized carbons (Fsp3) is 0.250. The molecule has 0 radical (unpaired) electrons. The van der Waals surface area contributed by atoms with Crippen LogP contribution >= 0.6 is 0 Å². The van der Waals surface area contributed by atoms with E-state index in [2.05, 4.69) is 66.7 Å². The van der Waals surface area contributed by atoms with E-state index in [9.17, 15) is 9.59 Å². The first-order valence-corrected chi connectivity index (χ1v) is 12.6. The number of benzene rings is 3. The van der Waals surface area contributed by atoms with E-state index in [4.69, 9.17) is 18.9 Å². The molecule has 0 aromatic heterocycles. The number of hydrogen-bond donors (Lipinski definition) is 0. The lowest BCUT2D eigenvalue weighted by Crippen LogP contribution is -2.37. The highest BCUT2D eigenvalue weighted by atomic mass is 16.7. The minimum absolute atomic E-state index is 0.128. The molecule has 0 fully saturated rings. The first kappa shape index (κ1) is 27.0. The number of esters is 2. The number of carbonyl (C=O) groups is 2. The Balaban J connectivity index is 1.40. The molecule has 0 spiro atoms. The van der Waals surface area contributed by atoms with Gasteiger partial charge in [-0.15, -0.1) is 0 Å². The number of ether oxygens (including phenoxy) is 4. The SMILES string of the molecule is CC(=O)OCCOC1(OCCOC(C)=O)C=CC(c2ccc(-c3ccc(-c4ccccc4)cc3)cc2)=CC1. The Labute approximate surface area is 223 Å². The van der Waals surface area contributed by atoms with Gasteiger partial charge in [0.05, 0.1) is 13.2 Å². The van der Waals surface area contributed by atoms with Crippen molar-refractivity contribution in [1.29, 1.82) is 0 Å². The molecular weight excluding hydrogens is 480 g/mol. The van der Waals surface area contributed by atoms with Crippen molar-refractivity contribution in [2.75, 3.05) is 26.4 Å². The van der Waals surface area contributed by atoms with E-state index in [1.165, 1.54) is 25.0 Å². The lowest BCUT2D eigenvalue weighted by Gasteiger charge is -2.32. The van der Waals surface area contributed by atoms with Crippen molar-refractivity contribution in [3.8, 4) is 22.3 Å². The van der Waals surface area contributed by atoms with Crippen molar-refractivity contribution in [2.45, 2.75) is 26.1 Å². The van der Waals surface area contributed by atoms with Crippen LogP contribution in [0.4, 0.5) is 0 Å². The summed E-state index contributed by atoms with van der Waals surface area (Å²) in [7, 11) is 0. The predicted molar refractivity (Wildman–Crippen MR) is 147 cm³/mol. The van der Waals surface area contributed by atoms with Crippen LogP contribution in [0.15, 0.2) is 97.1 Å². The largest absolute Gasteiger partial charge is 0.463 e. The maximum absolute atomic E-state index is 11.1. The van der Waals surface area contributed by atoms with Crippen molar-refractivity contribution in [1.82, 2.24) is 0 Å². The van der Waals surface area contributed by atoms with Gasteiger partial charge in [0.1, 0.15) is 13.2 Å². The quantitative estimate of drug-likeness (QED) is 0.173. The maximum Gasteiger partial charge on any atom is 0.302 e. The summed E-state index contributed by atoms with van der Waals surface area (Å²) in [5, 5.41) is 0. The third-order valence-electron chi connectivity index (χ3n) is 6.14. The minimum atomic E-state index is -1.02. The fourth-order valence-corrected chi connectivity index (χ4v) is 4.22.